The highest BCUT2D eigenvalue weighted by Gasteiger charge is 2.38. The second-order valence-corrected chi connectivity index (χ2v) is 10.5. The van der Waals surface area contributed by atoms with Gasteiger partial charge in [0.25, 0.3) is 0 Å². The molecule has 0 saturated carbocycles. The zero-order chi connectivity index (χ0) is 24.4. The summed E-state index contributed by atoms with van der Waals surface area (Å²) in [5, 5.41) is 11.5. The third-order valence-electron chi connectivity index (χ3n) is 6.12. The molecule has 0 bridgehead atoms. The predicted molar refractivity (Wildman–Crippen MR) is 143 cm³/mol. The van der Waals surface area contributed by atoms with E-state index in [-0.39, 0.29) is 18.2 Å². The van der Waals surface area contributed by atoms with Gasteiger partial charge in [0.2, 0.25) is 5.91 Å². The molecule has 0 radical (unpaired) electrons. The molecule has 5 rings (SSSR count). The minimum absolute atomic E-state index is 0.0253. The molecule has 2 heterocycles. The molecule has 35 heavy (non-hydrogen) atoms. The van der Waals surface area contributed by atoms with E-state index in [2.05, 4.69) is 26.9 Å². The Morgan fingerprint density at radius 2 is 1.83 bits per heavy atom. The van der Waals surface area contributed by atoms with Gasteiger partial charge in [0.1, 0.15) is 12.4 Å². The summed E-state index contributed by atoms with van der Waals surface area (Å²) < 4.78 is 6.90. The first-order valence-corrected chi connectivity index (χ1v) is 13.2. The number of amides is 1. The number of allylic oxidation sites excluding steroid dienone is 1. The molecule has 3 aromatic carbocycles. The standard InChI is InChI=1S/C27H21BrClN3O2S/c28-20-7-9-21(10-8-20)31-16-32-26(33)13-23(24(14-30)27(32)35-17-31)18-5-11-22(12-6-18)34-15-19-3-1-2-4-25(19)29/h1-12,23H,13,15-17H2/t23-/m0/s1. The summed E-state index contributed by atoms with van der Waals surface area (Å²) in [5.41, 5.74) is 3.54. The summed E-state index contributed by atoms with van der Waals surface area (Å²) in [4.78, 5) is 17.0. The minimum Gasteiger partial charge on any atom is -0.489 e. The van der Waals surface area contributed by atoms with Crippen molar-refractivity contribution in [2.24, 2.45) is 0 Å². The molecule has 5 nitrogen and oxygen atoms in total. The van der Waals surface area contributed by atoms with Crippen LogP contribution in [0.4, 0.5) is 5.69 Å². The molecule has 0 aliphatic carbocycles. The lowest BCUT2D eigenvalue weighted by atomic mass is 9.86. The summed E-state index contributed by atoms with van der Waals surface area (Å²) >= 11 is 11.2. The maximum Gasteiger partial charge on any atom is 0.229 e. The Hall–Kier alpha value is -2.92. The van der Waals surface area contributed by atoms with E-state index in [0.29, 0.717) is 35.5 Å². The summed E-state index contributed by atoms with van der Waals surface area (Å²) in [7, 11) is 0. The fourth-order valence-corrected chi connectivity index (χ4v) is 5.86. The van der Waals surface area contributed by atoms with Crippen LogP contribution in [-0.4, -0.2) is 23.4 Å². The van der Waals surface area contributed by atoms with Crippen molar-refractivity contribution in [2.45, 2.75) is 18.9 Å². The Bertz CT molecular complexity index is 1320. The van der Waals surface area contributed by atoms with Crippen molar-refractivity contribution in [2.75, 3.05) is 17.4 Å². The molecule has 1 fully saturated rings. The van der Waals surface area contributed by atoms with Crippen molar-refractivity contribution in [1.82, 2.24) is 4.90 Å². The molecule has 3 aromatic rings. The zero-order valence-corrected chi connectivity index (χ0v) is 21.8. The normalized spacial score (nSPS) is 17.7. The first-order chi connectivity index (χ1) is 17.0. The number of ether oxygens (including phenoxy) is 1. The van der Waals surface area contributed by atoms with Crippen molar-refractivity contribution in [3.63, 3.8) is 0 Å². The van der Waals surface area contributed by atoms with Gasteiger partial charge in [-0.25, -0.2) is 0 Å². The van der Waals surface area contributed by atoms with E-state index in [9.17, 15) is 10.1 Å². The fourth-order valence-electron chi connectivity index (χ4n) is 4.24. The highest BCUT2D eigenvalue weighted by molar-refractivity contribution is 9.10. The average molecular weight is 567 g/mol. The number of carbonyl (C=O) groups is 1. The Labute approximate surface area is 222 Å². The van der Waals surface area contributed by atoms with Gasteiger partial charge in [0, 0.05) is 33.1 Å². The first kappa shape index (κ1) is 23.8. The van der Waals surface area contributed by atoms with E-state index in [4.69, 9.17) is 16.3 Å². The number of nitriles is 1. The van der Waals surface area contributed by atoms with Crippen molar-refractivity contribution < 1.29 is 9.53 Å². The van der Waals surface area contributed by atoms with Crippen LogP contribution in [0.25, 0.3) is 0 Å². The number of rotatable bonds is 5. The van der Waals surface area contributed by atoms with Crippen LogP contribution in [0.3, 0.4) is 0 Å². The number of fused-ring (bicyclic) bond motifs is 1. The van der Waals surface area contributed by atoms with Gasteiger partial charge in [-0.3, -0.25) is 9.69 Å². The lowest BCUT2D eigenvalue weighted by molar-refractivity contribution is -0.129. The van der Waals surface area contributed by atoms with Crippen LogP contribution >= 0.6 is 39.3 Å². The van der Waals surface area contributed by atoms with Crippen LogP contribution in [0.15, 0.2) is 87.9 Å². The quantitative estimate of drug-likeness (QED) is 0.336. The monoisotopic (exact) mass is 565 g/mol. The third-order valence-corrected chi connectivity index (χ3v) is 8.17. The highest BCUT2D eigenvalue weighted by atomic mass is 79.9. The van der Waals surface area contributed by atoms with Crippen molar-refractivity contribution >= 4 is 50.9 Å². The predicted octanol–water partition coefficient (Wildman–Crippen LogP) is 6.90. The first-order valence-electron chi connectivity index (χ1n) is 11.1. The van der Waals surface area contributed by atoms with E-state index in [1.54, 1.807) is 4.90 Å². The third kappa shape index (κ3) is 5.06. The van der Waals surface area contributed by atoms with Gasteiger partial charge in [0.05, 0.1) is 29.2 Å². The van der Waals surface area contributed by atoms with Crippen molar-refractivity contribution in [1.29, 1.82) is 5.26 Å². The fraction of sp³-hybridized carbons (Fsp3) is 0.185. The van der Waals surface area contributed by atoms with Crippen LogP contribution in [0, 0.1) is 11.3 Å². The topological polar surface area (TPSA) is 56.6 Å². The molecule has 0 unspecified atom stereocenters. The van der Waals surface area contributed by atoms with Gasteiger partial charge in [-0.1, -0.05) is 69.6 Å². The largest absolute Gasteiger partial charge is 0.489 e. The Balaban J connectivity index is 1.33. The lowest BCUT2D eigenvalue weighted by Gasteiger charge is -2.42. The number of benzene rings is 3. The second-order valence-electron chi connectivity index (χ2n) is 8.29. The van der Waals surface area contributed by atoms with Crippen molar-refractivity contribution in [3.05, 3.63) is 104 Å². The summed E-state index contributed by atoms with van der Waals surface area (Å²) in [6.45, 7) is 0.810. The molecule has 2 aliphatic rings. The van der Waals surface area contributed by atoms with Crippen LogP contribution < -0.4 is 9.64 Å². The molecule has 0 aromatic heterocycles. The molecule has 176 valence electrons. The Kier molecular flexibility index (Phi) is 7.05. The molecule has 1 saturated heterocycles. The lowest BCUT2D eigenvalue weighted by Crippen LogP contribution is -2.47. The van der Waals surface area contributed by atoms with E-state index in [1.807, 2.05) is 72.8 Å². The number of thioether (sulfide) groups is 1. The minimum atomic E-state index is -0.261. The zero-order valence-electron chi connectivity index (χ0n) is 18.7. The van der Waals surface area contributed by atoms with E-state index < -0.39 is 0 Å². The summed E-state index contributed by atoms with van der Waals surface area (Å²) in [6, 6.07) is 25.6. The molecular weight excluding hydrogens is 546 g/mol. The summed E-state index contributed by atoms with van der Waals surface area (Å²) in [5.74, 6) is 1.15. The molecular formula is C27H21BrClN3O2S. The van der Waals surface area contributed by atoms with Crippen LogP contribution in [0.1, 0.15) is 23.5 Å². The second kappa shape index (κ2) is 10.4. The molecule has 0 spiro atoms. The van der Waals surface area contributed by atoms with Gasteiger partial charge >= 0.3 is 0 Å². The van der Waals surface area contributed by atoms with Crippen LogP contribution in [0.2, 0.25) is 5.02 Å². The molecule has 1 amide bonds. The van der Waals surface area contributed by atoms with Gasteiger partial charge in [-0.2, -0.15) is 5.26 Å². The van der Waals surface area contributed by atoms with Crippen LogP contribution in [0.5, 0.6) is 5.75 Å². The van der Waals surface area contributed by atoms with Gasteiger partial charge in [-0.15, -0.1) is 0 Å². The van der Waals surface area contributed by atoms with Gasteiger partial charge in [-0.05, 0) is 48.0 Å². The summed E-state index contributed by atoms with van der Waals surface area (Å²) in [6.07, 6.45) is 0.265. The number of hydrogen-bond acceptors (Lipinski definition) is 5. The molecule has 2 aliphatic heterocycles. The number of anilines is 1. The number of hydrogen-bond donors (Lipinski definition) is 0. The number of carbonyl (C=O) groups excluding carboxylic acids is 1. The van der Waals surface area contributed by atoms with E-state index >= 15 is 0 Å². The maximum atomic E-state index is 13.2. The number of nitrogens with zero attached hydrogens (tertiary/aromatic N) is 3. The van der Waals surface area contributed by atoms with E-state index in [1.165, 1.54) is 11.8 Å². The van der Waals surface area contributed by atoms with Gasteiger partial charge in [0.15, 0.2) is 0 Å². The smallest absolute Gasteiger partial charge is 0.229 e. The Morgan fingerprint density at radius 1 is 1.09 bits per heavy atom. The SMILES string of the molecule is N#CC1=C2SCN(c3ccc(Br)cc3)CN2C(=O)C[C@H]1c1ccc(OCc2ccccc2Cl)cc1. The molecule has 0 N–H and O–H groups in total. The highest BCUT2D eigenvalue weighted by Crippen LogP contribution is 2.43. The van der Waals surface area contributed by atoms with E-state index in [0.717, 1.165) is 26.3 Å². The van der Waals surface area contributed by atoms with Gasteiger partial charge < -0.3 is 9.64 Å². The number of halogens is 2. The molecule has 1 atom stereocenters. The Morgan fingerprint density at radius 3 is 2.54 bits per heavy atom. The maximum absolute atomic E-state index is 13.2. The van der Waals surface area contributed by atoms with Crippen molar-refractivity contribution in [3.8, 4) is 11.8 Å². The average Bonchev–Trinajstić information content (AvgIpc) is 2.89. The molecule has 8 heteroatoms. The van der Waals surface area contributed by atoms with Crippen LogP contribution in [-0.2, 0) is 11.4 Å².